The Labute approximate surface area is 148 Å². The SMILES string of the molecule is CC[C@H]1CN(C(=O)OCC2c3ccccc3-c3ccccc32)CCO1. The summed E-state index contributed by atoms with van der Waals surface area (Å²) in [6.07, 6.45) is 0.797. The monoisotopic (exact) mass is 337 g/mol. The Morgan fingerprint density at radius 1 is 1.12 bits per heavy atom. The summed E-state index contributed by atoms with van der Waals surface area (Å²) >= 11 is 0. The van der Waals surface area contributed by atoms with E-state index in [2.05, 4.69) is 43.3 Å². The van der Waals surface area contributed by atoms with Crippen LogP contribution in [0, 0.1) is 0 Å². The zero-order chi connectivity index (χ0) is 17.2. The molecule has 4 heteroatoms. The molecule has 130 valence electrons. The number of ether oxygens (including phenoxy) is 2. The van der Waals surface area contributed by atoms with E-state index in [1.807, 2.05) is 12.1 Å². The van der Waals surface area contributed by atoms with Crippen LogP contribution in [0.2, 0.25) is 0 Å². The van der Waals surface area contributed by atoms with Crippen LogP contribution in [-0.2, 0) is 9.47 Å². The highest BCUT2D eigenvalue weighted by atomic mass is 16.6. The smallest absolute Gasteiger partial charge is 0.409 e. The molecule has 0 bridgehead atoms. The molecule has 1 heterocycles. The van der Waals surface area contributed by atoms with Gasteiger partial charge < -0.3 is 14.4 Å². The van der Waals surface area contributed by atoms with Crippen LogP contribution in [0.5, 0.6) is 0 Å². The summed E-state index contributed by atoms with van der Waals surface area (Å²) < 4.78 is 11.3. The van der Waals surface area contributed by atoms with Crippen LogP contribution in [0.1, 0.15) is 30.4 Å². The van der Waals surface area contributed by atoms with Crippen LogP contribution in [0.4, 0.5) is 4.79 Å². The minimum atomic E-state index is -0.233. The molecule has 0 radical (unpaired) electrons. The summed E-state index contributed by atoms with van der Waals surface area (Å²) in [6.45, 7) is 4.26. The van der Waals surface area contributed by atoms with Crippen molar-refractivity contribution in [1.82, 2.24) is 4.90 Å². The zero-order valence-corrected chi connectivity index (χ0v) is 14.5. The highest BCUT2D eigenvalue weighted by Gasteiger charge is 2.30. The Balaban J connectivity index is 1.49. The summed E-state index contributed by atoms with van der Waals surface area (Å²) in [7, 11) is 0. The number of rotatable bonds is 3. The molecule has 2 aromatic rings. The Hall–Kier alpha value is -2.33. The molecule has 1 atom stereocenters. The zero-order valence-electron chi connectivity index (χ0n) is 14.5. The number of fused-ring (bicyclic) bond motifs is 3. The average Bonchev–Trinajstić information content (AvgIpc) is 3.00. The number of carbonyl (C=O) groups excluding carboxylic acids is 1. The van der Waals surface area contributed by atoms with Crippen molar-refractivity contribution in [3.8, 4) is 11.1 Å². The van der Waals surface area contributed by atoms with Crippen molar-refractivity contribution in [3.63, 3.8) is 0 Å². The van der Waals surface area contributed by atoms with Crippen molar-refractivity contribution in [2.45, 2.75) is 25.4 Å². The van der Waals surface area contributed by atoms with E-state index in [-0.39, 0.29) is 18.1 Å². The standard InChI is InChI=1S/C21H23NO3/c1-2-15-13-22(11-12-24-15)21(23)25-14-20-18-9-5-3-7-16(18)17-8-4-6-10-19(17)20/h3-10,15,20H,2,11-14H2,1H3/t15-/m0/s1. The van der Waals surface area contributed by atoms with Crippen molar-refractivity contribution in [2.75, 3.05) is 26.3 Å². The summed E-state index contributed by atoms with van der Waals surface area (Å²) in [5.74, 6) is 0.111. The van der Waals surface area contributed by atoms with Crippen molar-refractivity contribution in [1.29, 1.82) is 0 Å². The van der Waals surface area contributed by atoms with Gasteiger partial charge in [-0.2, -0.15) is 0 Å². The highest BCUT2D eigenvalue weighted by molar-refractivity contribution is 5.79. The van der Waals surface area contributed by atoms with Gasteiger partial charge in [-0.05, 0) is 28.7 Å². The van der Waals surface area contributed by atoms with E-state index in [0.717, 1.165) is 6.42 Å². The van der Waals surface area contributed by atoms with Crippen LogP contribution in [0.3, 0.4) is 0 Å². The maximum atomic E-state index is 12.5. The molecular formula is C21H23NO3. The maximum Gasteiger partial charge on any atom is 0.409 e. The van der Waals surface area contributed by atoms with Crippen LogP contribution in [0.15, 0.2) is 48.5 Å². The number of hydrogen-bond donors (Lipinski definition) is 0. The van der Waals surface area contributed by atoms with Gasteiger partial charge in [-0.1, -0.05) is 55.5 Å². The van der Waals surface area contributed by atoms with Crippen LogP contribution < -0.4 is 0 Å². The number of benzene rings is 2. The molecule has 0 spiro atoms. The molecule has 1 fully saturated rings. The van der Waals surface area contributed by atoms with Gasteiger partial charge in [0.1, 0.15) is 6.61 Å². The van der Waals surface area contributed by atoms with Gasteiger partial charge in [0.25, 0.3) is 0 Å². The first-order valence-corrected chi connectivity index (χ1v) is 8.99. The lowest BCUT2D eigenvalue weighted by molar-refractivity contribution is -0.0285. The van der Waals surface area contributed by atoms with E-state index in [1.165, 1.54) is 22.3 Å². The topological polar surface area (TPSA) is 38.8 Å². The van der Waals surface area contributed by atoms with Gasteiger partial charge in [0.05, 0.1) is 19.3 Å². The van der Waals surface area contributed by atoms with Crippen molar-refractivity contribution in [3.05, 3.63) is 59.7 Å². The van der Waals surface area contributed by atoms with Gasteiger partial charge in [0.15, 0.2) is 0 Å². The average molecular weight is 337 g/mol. The number of hydrogen-bond acceptors (Lipinski definition) is 3. The predicted molar refractivity (Wildman–Crippen MR) is 96.7 cm³/mol. The molecule has 25 heavy (non-hydrogen) atoms. The second-order valence-electron chi connectivity index (χ2n) is 6.65. The van der Waals surface area contributed by atoms with Crippen molar-refractivity contribution < 1.29 is 14.3 Å². The lowest BCUT2D eigenvalue weighted by Crippen LogP contribution is -2.45. The summed E-state index contributed by atoms with van der Waals surface area (Å²) in [5, 5.41) is 0. The molecule has 4 nitrogen and oxygen atoms in total. The third-order valence-corrected chi connectivity index (χ3v) is 5.19. The summed E-state index contributed by atoms with van der Waals surface area (Å²) in [6, 6.07) is 16.8. The Morgan fingerprint density at radius 2 is 1.76 bits per heavy atom. The first kappa shape index (κ1) is 16.2. The lowest BCUT2D eigenvalue weighted by Gasteiger charge is -2.32. The predicted octanol–water partition coefficient (Wildman–Crippen LogP) is 4.05. The van der Waals surface area contributed by atoms with Crippen LogP contribution in [0.25, 0.3) is 11.1 Å². The second kappa shape index (κ2) is 6.89. The molecule has 0 N–H and O–H groups in total. The van der Waals surface area contributed by atoms with E-state index >= 15 is 0 Å². The molecule has 1 saturated heterocycles. The van der Waals surface area contributed by atoms with Crippen molar-refractivity contribution in [2.24, 2.45) is 0 Å². The molecule has 0 unspecified atom stereocenters. The fraction of sp³-hybridized carbons (Fsp3) is 0.381. The van der Waals surface area contributed by atoms with E-state index in [1.54, 1.807) is 4.90 Å². The van der Waals surface area contributed by atoms with E-state index in [4.69, 9.17) is 9.47 Å². The molecule has 0 saturated carbocycles. The Kier molecular flexibility index (Phi) is 4.45. The Morgan fingerprint density at radius 3 is 2.40 bits per heavy atom. The van der Waals surface area contributed by atoms with Gasteiger partial charge in [0.2, 0.25) is 0 Å². The summed E-state index contributed by atoms with van der Waals surface area (Å²) in [4.78, 5) is 14.3. The first-order chi connectivity index (χ1) is 12.3. The number of nitrogens with zero attached hydrogens (tertiary/aromatic N) is 1. The molecule has 0 aromatic heterocycles. The molecule has 1 aliphatic carbocycles. The van der Waals surface area contributed by atoms with Crippen molar-refractivity contribution >= 4 is 6.09 Å². The first-order valence-electron chi connectivity index (χ1n) is 8.99. The van der Waals surface area contributed by atoms with E-state index < -0.39 is 0 Å². The number of amides is 1. The highest BCUT2D eigenvalue weighted by Crippen LogP contribution is 2.44. The van der Waals surface area contributed by atoms with Crippen LogP contribution >= 0.6 is 0 Å². The van der Waals surface area contributed by atoms with Gasteiger partial charge in [-0.25, -0.2) is 4.79 Å². The second-order valence-corrected chi connectivity index (χ2v) is 6.65. The summed E-state index contributed by atoms with van der Waals surface area (Å²) in [5.41, 5.74) is 4.97. The minimum absolute atomic E-state index is 0.111. The quantitative estimate of drug-likeness (QED) is 0.848. The fourth-order valence-corrected chi connectivity index (χ4v) is 3.82. The molecule has 4 rings (SSSR count). The largest absolute Gasteiger partial charge is 0.448 e. The lowest BCUT2D eigenvalue weighted by atomic mass is 9.98. The van der Waals surface area contributed by atoms with Gasteiger partial charge in [0, 0.05) is 12.5 Å². The van der Waals surface area contributed by atoms with Crippen LogP contribution in [-0.4, -0.2) is 43.4 Å². The van der Waals surface area contributed by atoms with E-state index in [0.29, 0.717) is 26.3 Å². The normalized spacial score (nSPS) is 19.4. The molecule has 1 aliphatic heterocycles. The third kappa shape index (κ3) is 3.02. The van der Waals surface area contributed by atoms with Gasteiger partial charge in [-0.3, -0.25) is 0 Å². The molecule has 1 amide bonds. The fourth-order valence-electron chi connectivity index (χ4n) is 3.82. The number of morpholine rings is 1. The number of carbonyl (C=O) groups is 1. The van der Waals surface area contributed by atoms with Gasteiger partial charge in [-0.15, -0.1) is 0 Å². The Bertz CT molecular complexity index is 728. The molecular weight excluding hydrogens is 314 g/mol. The molecule has 2 aliphatic rings. The maximum absolute atomic E-state index is 12.5. The molecule has 2 aromatic carbocycles. The van der Waals surface area contributed by atoms with E-state index in [9.17, 15) is 4.79 Å². The minimum Gasteiger partial charge on any atom is -0.448 e. The van der Waals surface area contributed by atoms with Gasteiger partial charge >= 0.3 is 6.09 Å². The third-order valence-electron chi connectivity index (χ3n) is 5.19.